The Labute approximate surface area is 84.8 Å². The summed E-state index contributed by atoms with van der Waals surface area (Å²) in [5, 5.41) is 10.7. The van der Waals surface area contributed by atoms with E-state index in [4.69, 9.17) is 5.11 Å². The van der Waals surface area contributed by atoms with Gasteiger partial charge in [0.25, 0.3) is 0 Å². The van der Waals surface area contributed by atoms with E-state index in [0.717, 1.165) is 0 Å². The summed E-state index contributed by atoms with van der Waals surface area (Å²) >= 11 is 1.31. The van der Waals surface area contributed by atoms with Crippen molar-refractivity contribution in [2.75, 3.05) is 11.4 Å². The number of fused-ring (bicyclic) bond motifs is 1. The van der Waals surface area contributed by atoms with Gasteiger partial charge in [0, 0.05) is 13.0 Å². The van der Waals surface area contributed by atoms with Gasteiger partial charge in [0.2, 0.25) is 0 Å². The Hall–Kier alpha value is -1.36. The first-order valence-corrected chi connectivity index (χ1v) is 5.19. The lowest BCUT2D eigenvalue weighted by Gasteiger charge is -2.15. The first kappa shape index (κ1) is 9.21. The third-order valence-corrected chi connectivity index (χ3v) is 3.15. The molecule has 0 saturated heterocycles. The molecule has 14 heavy (non-hydrogen) atoms. The molecule has 4 nitrogen and oxygen atoms in total. The first-order chi connectivity index (χ1) is 6.70. The molecule has 0 aromatic carbocycles. The molecule has 2 rings (SSSR count). The molecule has 1 N–H and O–H groups in total. The summed E-state index contributed by atoms with van der Waals surface area (Å²) in [6.07, 6.45) is 0.0588. The lowest BCUT2D eigenvalue weighted by molar-refractivity contribution is 0.0987. The molecule has 5 heteroatoms. The van der Waals surface area contributed by atoms with Crippen molar-refractivity contribution in [3.05, 3.63) is 16.3 Å². The zero-order valence-corrected chi connectivity index (χ0v) is 8.21. The molecule has 0 atom stereocenters. The molecule has 1 aliphatic rings. The Morgan fingerprint density at radius 3 is 3.07 bits per heavy atom. The second-order valence-electron chi connectivity index (χ2n) is 3.10. The molecule has 0 spiro atoms. The van der Waals surface area contributed by atoms with Gasteiger partial charge in [-0.3, -0.25) is 9.69 Å². The van der Waals surface area contributed by atoms with Gasteiger partial charge in [-0.25, -0.2) is 4.79 Å². The summed E-state index contributed by atoms with van der Waals surface area (Å²) in [6, 6.07) is 1.69. The van der Waals surface area contributed by atoms with Crippen LogP contribution in [-0.4, -0.2) is 23.5 Å². The Morgan fingerprint density at radius 2 is 2.36 bits per heavy atom. The second kappa shape index (κ2) is 3.42. The third-order valence-electron chi connectivity index (χ3n) is 2.20. The van der Waals surface area contributed by atoms with Crippen molar-refractivity contribution in [2.24, 2.45) is 0 Å². The van der Waals surface area contributed by atoms with E-state index in [9.17, 15) is 9.59 Å². The number of thiophene rings is 1. The number of carboxylic acid groups (broad SMARTS) is 1. The Balaban J connectivity index is 2.46. The highest BCUT2D eigenvalue weighted by atomic mass is 32.1. The van der Waals surface area contributed by atoms with Crippen LogP contribution >= 0.6 is 11.3 Å². The molecule has 0 bridgehead atoms. The number of anilines is 1. The summed E-state index contributed by atoms with van der Waals surface area (Å²) in [5.74, 6) is 0.0544. The SMILES string of the molecule is O=C1CCCN(C(=O)O)c2ccsc21. The molecule has 0 radical (unpaired) electrons. The van der Waals surface area contributed by atoms with E-state index in [1.165, 1.54) is 16.2 Å². The lowest BCUT2D eigenvalue weighted by atomic mass is 10.2. The number of nitrogens with zero attached hydrogens (tertiary/aromatic N) is 1. The van der Waals surface area contributed by atoms with E-state index >= 15 is 0 Å². The fourth-order valence-corrected chi connectivity index (χ4v) is 2.42. The summed E-state index contributed by atoms with van der Waals surface area (Å²) in [5.41, 5.74) is 0.546. The van der Waals surface area contributed by atoms with Crippen LogP contribution in [0.3, 0.4) is 0 Å². The fraction of sp³-hybridized carbons (Fsp3) is 0.333. The number of Topliss-reactive ketones (excluding diaryl/α,β-unsaturated/α-hetero) is 1. The number of ketones is 1. The summed E-state index contributed by atoms with van der Waals surface area (Å²) in [4.78, 5) is 24.2. The summed E-state index contributed by atoms with van der Waals surface area (Å²) in [7, 11) is 0. The van der Waals surface area contributed by atoms with Gasteiger partial charge >= 0.3 is 6.09 Å². The first-order valence-electron chi connectivity index (χ1n) is 4.31. The molecule has 0 fully saturated rings. The number of rotatable bonds is 0. The molecular formula is C9H9NO3S. The van der Waals surface area contributed by atoms with E-state index < -0.39 is 6.09 Å². The molecule has 1 aliphatic heterocycles. The van der Waals surface area contributed by atoms with Crippen molar-refractivity contribution < 1.29 is 14.7 Å². The van der Waals surface area contributed by atoms with Crippen LogP contribution in [-0.2, 0) is 0 Å². The average molecular weight is 211 g/mol. The van der Waals surface area contributed by atoms with Crippen molar-refractivity contribution in [1.29, 1.82) is 0 Å². The monoisotopic (exact) mass is 211 g/mol. The summed E-state index contributed by atoms with van der Waals surface area (Å²) < 4.78 is 0. The molecule has 0 unspecified atom stereocenters. The zero-order valence-electron chi connectivity index (χ0n) is 7.40. The fourth-order valence-electron chi connectivity index (χ4n) is 1.55. The number of amides is 1. The van der Waals surface area contributed by atoms with Crippen LogP contribution in [0.15, 0.2) is 11.4 Å². The summed E-state index contributed by atoms with van der Waals surface area (Å²) in [6.45, 7) is 0.408. The van der Waals surface area contributed by atoms with Crippen molar-refractivity contribution >= 4 is 28.9 Å². The van der Waals surface area contributed by atoms with Gasteiger partial charge in [-0.2, -0.15) is 0 Å². The van der Waals surface area contributed by atoms with Crippen LogP contribution in [0.2, 0.25) is 0 Å². The minimum atomic E-state index is -0.987. The van der Waals surface area contributed by atoms with Gasteiger partial charge in [0.05, 0.1) is 10.6 Å². The maximum Gasteiger partial charge on any atom is 0.411 e. The van der Waals surface area contributed by atoms with Gasteiger partial charge in [0.1, 0.15) is 0 Å². The molecule has 0 aliphatic carbocycles. The van der Waals surface area contributed by atoms with Crippen LogP contribution in [0.5, 0.6) is 0 Å². The average Bonchev–Trinajstić information content (AvgIpc) is 2.54. The Kier molecular flexibility index (Phi) is 2.25. The Bertz CT molecular complexity index is 385. The molecule has 0 saturated carbocycles. The van der Waals surface area contributed by atoms with Crippen molar-refractivity contribution in [2.45, 2.75) is 12.8 Å². The van der Waals surface area contributed by atoms with Crippen LogP contribution < -0.4 is 4.90 Å². The largest absolute Gasteiger partial charge is 0.465 e. The van der Waals surface area contributed by atoms with E-state index in [1.54, 1.807) is 11.4 Å². The van der Waals surface area contributed by atoms with E-state index in [1.807, 2.05) is 0 Å². The predicted molar refractivity (Wildman–Crippen MR) is 53.3 cm³/mol. The predicted octanol–water partition coefficient (Wildman–Crippen LogP) is 2.21. The van der Waals surface area contributed by atoms with Gasteiger partial charge in [0.15, 0.2) is 5.78 Å². The van der Waals surface area contributed by atoms with Gasteiger partial charge in [-0.15, -0.1) is 11.3 Å². The quantitative estimate of drug-likeness (QED) is 0.715. The van der Waals surface area contributed by atoms with Gasteiger partial charge < -0.3 is 5.11 Å². The normalized spacial score (nSPS) is 16.3. The molecule has 1 amide bonds. The van der Waals surface area contributed by atoms with Gasteiger partial charge in [-0.05, 0) is 17.9 Å². The maximum absolute atomic E-state index is 11.5. The zero-order chi connectivity index (χ0) is 10.1. The van der Waals surface area contributed by atoms with Crippen LogP contribution in [0, 0.1) is 0 Å². The number of hydrogen-bond donors (Lipinski definition) is 1. The highest BCUT2D eigenvalue weighted by Gasteiger charge is 2.25. The van der Waals surface area contributed by atoms with E-state index in [2.05, 4.69) is 0 Å². The van der Waals surface area contributed by atoms with Gasteiger partial charge in [-0.1, -0.05) is 0 Å². The number of hydrogen-bond acceptors (Lipinski definition) is 3. The standard InChI is InChI=1S/C9H9NO3S/c11-7-2-1-4-10(9(12)13)6-3-5-14-8(6)7/h3,5H,1-2,4H2,(H,12,13). The van der Waals surface area contributed by atoms with E-state index in [-0.39, 0.29) is 5.78 Å². The topological polar surface area (TPSA) is 57.6 Å². The van der Waals surface area contributed by atoms with Crippen LogP contribution in [0.1, 0.15) is 22.5 Å². The number of carbonyl (C=O) groups is 2. The minimum absolute atomic E-state index is 0.0544. The van der Waals surface area contributed by atoms with Crippen molar-refractivity contribution in [3.8, 4) is 0 Å². The maximum atomic E-state index is 11.5. The molecule has 2 heterocycles. The smallest absolute Gasteiger partial charge is 0.411 e. The third kappa shape index (κ3) is 1.39. The van der Waals surface area contributed by atoms with Crippen molar-refractivity contribution in [1.82, 2.24) is 0 Å². The molecule has 1 aromatic heterocycles. The highest BCUT2D eigenvalue weighted by molar-refractivity contribution is 7.12. The number of carbonyl (C=O) groups excluding carboxylic acids is 1. The molecular weight excluding hydrogens is 202 g/mol. The highest BCUT2D eigenvalue weighted by Crippen LogP contribution is 2.30. The van der Waals surface area contributed by atoms with Crippen molar-refractivity contribution in [3.63, 3.8) is 0 Å². The lowest BCUT2D eigenvalue weighted by Crippen LogP contribution is -2.29. The van der Waals surface area contributed by atoms with E-state index in [0.29, 0.717) is 30.0 Å². The minimum Gasteiger partial charge on any atom is -0.465 e. The molecule has 74 valence electrons. The Morgan fingerprint density at radius 1 is 1.57 bits per heavy atom. The second-order valence-corrected chi connectivity index (χ2v) is 4.01. The molecule has 1 aromatic rings. The van der Waals surface area contributed by atoms with Crippen LogP contribution in [0.4, 0.5) is 10.5 Å². The van der Waals surface area contributed by atoms with Crippen LogP contribution in [0.25, 0.3) is 0 Å².